The first kappa shape index (κ1) is 14.8. The molecule has 2 nitrogen and oxygen atoms in total. The third kappa shape index (κ3) is 3.55. The topological polar surface area (TPSA) is 20.3 Å². The third-order valence-electron chi connectivity index (χ3n) is 5.43. The fraction of sp³-hybridized carbons (Fsp3) is 0.632. The van der Waals surface area contributed by atoms with Gasteiger partial charge < -0.3 is 0 Å². The number of aryl methyl sites for hydroxylation is 1. The van der Waals surface area contributed by atoms with Crippen LogP contribution < -0.4 is 0 Å². The van der Waals surface area contributed by atoms with E-state index in [1.165, 1.54) is 37.7 Å². The molecule has 1 aliphatic heterocycles. The normalized spacial score (nSPS) is 26.3. The average Bonchev–Trinajstić information content (AvgIpc) is 2.55. The van der Waals surface area contributed by atoms with Crippen molar-refractivity contribution < 1.29 is 4.79 Å². The highest BCUT2D eigenvalue weighted by Gasteiger charge is 2.31. The SMILES string of the molecule is CCc1ccc(C(=O)CN2CCC3CCCCC3C2)cc1. The first-order chi connectivity index (χ1) is 10.3. The first-order valence-electron chi connectivity index (χ1n) is 8.60. The Morgan fingerprint density at radius 2 is 1.81 bits per heavy atom. The van der Waals surface area contributed by atoms with Crippen LogP contribution in [0.15, 0.2) is 24.3 Å². The van der Waals surface area contributed by atoms with Crippen molar-refractivity contribution in [3.8, 4) is 0 Å². The second-order valence-corrected chi connectivity index (χ2v) is 6.80. The summed E-state index contributed by atoms with van der Waals surface area (Å²) in [5.74, 6) is 2.07. The van der Waals surface area contributed by atoms with Gasteiger partial charge in [0.05, 0.1) is 6.54 Å². The minimum absolute atomic E-state index is 0.284. The highest BCUT2D eigenvalue weighted by Crippen LogP contribution is 2.35. The summed E-state index contributed by atoms with van der Waals surface area (Å²) in [6.45, 7) is 5.00. The summed E-state index contributed by atoms with van der Waals surface area (Å²) in [5.41, 5.74) is 2.17. The fourth-order valence-corrected chi connectivity index (χ4v) is 4.04. The molecule has 1 aromatic rings. The number of piperidine rings is 1. The van der Waals surface area contributed by atoms with E-state index in [0.29, 0.717) is 6.54 Å². The Labute approximate surface area is 128 Å². The van der Waals surface area contributed by atoms with Gasteiger partial charge >= 0.3 is 0 Å². The Bertz CT molecular complexity index is 479. The molecule has 2 atom stereocenters. The van der Waals surface area contributed by atoms with E-state index < -0.39 is 0 Å². The quantitative estimate of drug-likeness (QED) is 0.781. The van der Waals surface area contributed by atoms with E-state index in [-0.39, 0.29) is 5.78 Å². The maximum Gasteiger partial charge on any atom is 0.176 e. The molecule has 1 aromatic carbocycles. The van der Waals surface area contributed by atoms with Gasteiger partial charge in [0.25, 0.3) is 0 Å². The molecule has 1 saturated heterocycles. The molecule has 1 aliphatic carbocycles. The van der Waals surface area contributed by atoms with Crippen LogP contribution in [0.3, 0.4) is 0 Å². The monoisotopic (exact) mass is 285 g/mol. The van der Waals surface area contributed by atoms with Gasteiger partial charge in [-0.15, -0.1) is 0 Å². The molecule has 0 aromatic heterocycles. The van der Waals surface area contributed by atoms with E-state index in [0.717, 1.165) is 36.9 Å². The second-order valence-electron chi connectivity index (χ2n) is 6.80. The number of rotatable bonds is 4. The Morgan fingerprint density at radius 1 is 1.10 bits per heavy atom. The molecule has 114 valence electrons. The molecule has 2 fully saturated rings. The number of hydrogen-bond acceptors (Lipinski definition) is 2. The van der Waals surface area contributed by atoms with Crippen LogP contribution in [0, 0.1) is 11.8 Å². The van der Waals surface area contributed by atoms with Crippen molar-refractivity contribution in [2.24, 2.45) is 11.8 Å². The van der Waals surface area contributed by atoms with Gasteiger partial charge in [0.1, 0.15) is 0 Å². The van der Waals surface area contributed by atoms with E-state index in [2.05, 4.69) is 24.0 Å². The molecule has 2 aliphatic rings. The molecule has 0 radical (unpaired) electrons. The molecule has 0 amide bonds. The number of hydrogen-bond donors (Lipinski definition) is 0. The van der Waals surface area contributed by atoms with Gasteiger partial charge in [-0.2, -0.15) is 0 Å². The van der Waals surface area contributed by atoms with Crippen LogP contribution in [0.4, 0.5) is 0 Å². The summed E-state index contributed by atoms with van der Waals surface area (Å²) >= 11 is 0. The van der Waals surface area contributed by atoms with Crippen molar-refractivity contribution in [1.82, 2.24) is 4.90 Å². The maximum absolute atomic E-state index is 12.4. The van der Waals surface area contributed by atoms with Gasteiger partial charge in [-0.05, 0) is 43.2 Å². The van der Waals surface area contributed by atoms with Gasteiger partial charge in [-0.3, -0.25) is 9.69 Å². The zero-order valence-electron chi connectivity index (χ0n) is 13.2. The molecule has 1 heterocycles. The first-order valence-corrected chi connectivity index (χ1v) is 8.60. The number of Topliss-reactive ketones (excluding diaryl/α,β-unsaturated/α-hetero) is 1. The molecule has 2 heteroatoms. The molecule has 0 bridgehead atoms. The van der Waals surface area contributed by atoms with Crippen molar-refractivity contribution >= 4 is 5.78 Å². The van der Waals surface area contributed by atoms with E-state index in [1.807, 2.05) is 12.1 Å². The lowest BCUT2D eigenvalue weighted by molar-refractivity contribution is 0.0713. The number of carbonyl (C=O) groups excluding carboxylic acids is 1. The lowest BCUT2D eigenvalue weighted by Gasteiger charge is -2.41. The summed E-state index contributed by atoms with van der Waals surface area (Å²) < 4.78 is 0. The molecule has 3 rings (SSSR count). The Morgan fingerprint density at radius 3 is 2.52 bits per heavy atom. The van der Waals surface area contributed by atoms with E-state index >= 15 is 0 Å². The van der Waals surface area contributed by atoms with Crippen LogP contribution in [0.2, 0.25) is 0 Å². The van der Waals surface area contributed by atoms with Crippen molar-refractivity contribution in [3.05, 3.63) is 35.4 Å². The van der Waals surface area contributed by atoms with Gasteiger partial charge in [0.15, 0.2) is 5.78 Å². The predicted octanol–water partition coefficient (Wildman–Crippen LogP) is 3.94. The van der Waals surface area contributed by atoms with Crippen LogP contribution in [0.5, 0.6) is 0 Å². The summed E-state index contributed by atoms with van der Waals surface area (Å²) in [5, 5.41) is 0. The Kier molecular flexibility index (Phi) is 4.74. The zero-order chi connectivity index (χ0) is 14.7. The van der Waals surface area contributed by atoms with Crippen LogP contribution in [-0.4, -0.2) is 30.3 Å². The second kappa shape index (κ2) is 6.74. The summed E-state index contributed by atoms with van der Waals surface area (Å²) in [7, 11) is 0. The third-order valence-corrected chi connectivity index (χ3v) is 5.43. The number of fused-ring (bicyclic) bond motifs is 1. The average molecular weight is 285 g/mol. The molecule has 0 spiro atoms. The summed E-state index contributed by atoms with van der Waals surface area (Å²) in [6, 6.07) is 8.16. The van der Waals surface area contributed by atoms with Crippen LogP contribution >= 0.6 is 0 Å². The lowest BCUT2D eigenvalue weighted by atomic mass is 9.75. The number of ketones is 1. The van der Waals surface area contributed by atoms with Gasteiger partial charge in [0.2, 0.25) is 0 Å². The van der Waals surface area contributed by atoms with Crippen molar-refractivity contribution in [1.29, 1.82) is 0 Å². The van der Waals surface area contributed by atoms with Gasteiger partial charge in [0, 0.05) is 12.1 Å². The molecular weight excluding hydrogens is 258 g/mol. The van der Waals surface area contributed by atoms with Crippen LogP contribution in [0.1, 0.15) is 54.9 Å². The molecule has 2 unspecified atom stereocenters. The van der Waals surface area contributed by atoms with E-state index in [1.54, 1.807) is 0 Å². The van der Waals surface area contributed by atoms with Crippen LogP contribution in [0.25, 0.3) is 0 Å². The molecule has 1 saturated carbocycles. The molecular formula is C19H27NO. The predicted molar refractivity (Wildman–Crippen MR) is 86.7 cm³/mol. The van der Waals surface area contributed by atoms with Crippen LogP contribution in [-0.2, 0) is 6.42 Å². The minimum Gasteiger partial charge on any atom is -0.296 e. The molecule has 21 heavy (non-hydrogen) atoms. The smallest absolute Gasteiger partial charge is 0.176 e. The number of likely N-dealkylation sites (tertiary alicyclic amines) is 1. The molecule has 0 N–H and O–H groups in total. The van der Waals surface area contributed by atoms with Crippen molar-refractivity contribution in [2.75, 3.05) is 19.6 Å². The maximum atomic E-state index is 12.4. The van der Waals surface area contributed by atoms with Gasteiger partial charge in [-0.25, -0.2) is 0 Å². The number of nitrogens with zero attached hydrogens (tertiary/aromatic N) is 1. The number of carbonyl (C=O) groups is 1. The van der Waals surface area contributed by atoms with Gasteiger partial charge in [-0.1, -0.05) is 50.5 Å². The largest absolute Gasteiger partial charge is 0.296 e. The standard InChI is InChI=1S/C19H27NO/c1-2-15-7-9-17(10-8-15)19(21)14-20-12-11-16-5-3-4-6-18(16)13-20/h7-10,16,18H,2-6,11-14H2,1H3. The fourth-order valence-electron chi connectivity index (χ4n) is 4.04. The summed E-state index contributed by atoms with van der Waals surface area (Å²) in [4.78, 5) is 14.8. The zero-order valence-corrected chi connectivity index (χ0v) is 13.2. The highest BCUT2D eigenvalue weighted by atomic mass is 16.1. The van der Waals surface area contributed by atoms with E-state index in [4.69, 9.17) is 0 Å². The Hall–Kier alpha value is -1.15. The minimum atomic E-state index is 0.284. The summed E-state index contributed by atoms with van der Waals surface area (Å²) in [6.07, 6.45) is 7.94. The Balaban J connectivity index is 1.57. The highest BCUT2D eigenvalue weighted by molar-refractivity contribution is 5.97. The van der Waals surface area contributed by atoms with Crippen molar-refractivity contribution in [3.63, 3.8) is 0 Å². The van der Waals surface area contributed by atoms with E-state index in [9.17, 15) is 4.79 Å². The lowest BCUT2D eigenvalue weighted by Crippen LogP contribution is -2.43. The van der Waals surface area contributed by atoms with Crippen molar-refractivity contribution in [2.45, 2.75) is 45.4 Å². The number of benzene rings is 1.